The molecular weight excluding hydrogens is 226 g/mol. The third-order valence-corrected chi connectivity index (χ3v) is 2.15. The van der Waals surface area contributed by atoms with Crippen molar-refractivity contribution in [2.75, 3.05) is 0 Å². The summed E-state index contributed by atoms with van der Waals surface area (Å²) in [5.41, 5.74) is 0.233. The maximum atomic E-state index is 11.2. The Bertz CT molecular complexity index is 516. The van der Waals surface area contributed by atoms with Gasteiger partial charge in [-0.15, -0.1) is 12.4 Å². The molecule has 5 nitrogen and oxygen atoms in total. The maximum absolute atomic E-state index is 11.2. The van der Waals surface area contributed by atoms with E-state index < -0.39 is 11.2 Å². The van der Waals surface area contributed by atoms with Crippen molar-refractivity contribution in [2.45, 2.75) is 0 Å². The highest BCUT2D eigenvalue weighted by Gasteiger charge is 2.03. The Morgan fingerprint density at radius 1 is 1.36 bits per heavy atom. The second kappa shape index (κ2) is 4.21. The van der Waals surface area contributed by atoms with Crippen LogP contribution in [0.15, 0.2) is 27.4 Å². The molecule has 2 N–H and O–H groups in total. The van der Waals surface area contributed by atoms with Gasteiger partial charge in [0.2, 0.25) is 0 Å². The van der Waals surface area contributed by atoms with Crippen LogP contribution in [0.25, 0.3) is 11.1 Å². The van der Waals surface area contributed by atoms with E-state index in [1.807, 2.05) is 0 Å². The summed E-state index contributed by atoms with van der Waals surface area (Å²) in [7, 11) is 0. The average Bonchev–Trinajstić information content (AvgIpc) is 2.56. The van der Waals surface area contributed by atoms with Crippen LogP contribution in [0.5, 0.6) is 0 Å². The van der Waals surface area contributed by atoms with E-state index >= 15 is 0 Å². The molecular formula is C7H6ClN3O2S. The molecule has 0 atom stereocenters. The first-order chi connectivity index (χ1) is 6.27. The fourth-order valence-electron chi connectivity index (χ4n) is 0.962. The third-order valence-electron chi connectivity index (χ3n) is 1.56. The van der Waals surface area contributed by atoms with Gasteiger partial charge in [-0.3, -0.25) is 9.78 Å². The minimum atomic E-state index is -0.503. The summed E-state index contributed by atoms with van der Waals surface area (Å²) in [5, 5.41) is 1.74. The second-order valence-electron chi connectivity index (χ2n) is 2.40. The topological polar surface area (TPSA) is 78.6 Å². The van der Waals surface area contributed by atoms with Crippen LogP contribution in [0.3, 0.4) is 0 Å². The highest BCUT2D eigenvalue weighted by atomic mass is 35.5. The second-order valence-corrected chi connectivity index (χ2v) is 3.06. The van der Waals surface area contributed by atoms with Crippen LogP contribution in [0.2, 0.25) is 0 Å². The van der Waals surface area contributed by atoms with Crippen molar-refractivity contribution in [2.24, 2.45) is 0 Å². The van der Waals surface area contributed by atoms with E-state index in [4.69, 9.17) is 0 Å². The van der Waals surface area contributed by atoms with E-state index in [-0.39, 0.29) is 12.4 Å². The van der Waals surface area contributed by atoms with E-state index in [9.17, 15) is 9.59 Å². The lowest BCUT2D eigenvalue weighted by molar-refractivity contribution is 1.04. The summed E-state index contributed by atoms with van der Waals surface area (Å²) in [6.45, 7) is 0. The lowest BCUT2D eigenvalue weighted by Crippen LogP contribution is -2.22. The van der Waals surface area contributed by atoms with Crippen molar-refractivity contribution in [3.63, 3.8) is 0 Å². The predicted octanol–water partition coefficient (Wildman–Crippen LogP) is 0.608. The molecule has 2 aromatic heterocycles. The predicted molar refractivity (Wildman–Crippen MR) is 56.0 cm³/mol. The lowest BCUT2D eigenvalue weighted by atomic mass is 10.2. The molecule has 74 valence electrons. The number of hydrogen-bond donors (Lipinski definition) is 2. The summed E-state index contributed by atoms with van der Waals surface area (Å²) in [6.07, 6.45) is 2.96. The fourth-order valence-corrected chi connectivity index (χ4v) is 1.50. The van der Waals surface area contributed by atoms with Crippen molar-refractivity contribution >= 4 is 23.9 Å². The lowest BCUT2D eigenvalue weighted by Gasteiger charge is -1.92. The molecule has 0 saturated carbocycles. The zero-order chi connectivity index (χ0) is 9.26. The van der Waals surface area contributed by atoms with Gasteiger partial charge in [-0.05, 0) is 11.5 Å². The average molecular weight is 232 g/mol. The largest absolute Gasteiger partial charge is 0.325 e. The highest BCUT2D eigenvalue weighted by molar-refractivity contribution is 7.03. The van der Waals surface area contributed by atoms with Gasteiger partial charge in [-0.25, -0.2) is 9.17 Å². The van der Waals surface area contributed by atoms with Crippen molar-refractivity contribution in [3.05, 3.63) is 38.6 Å². The van der Waals surface area contributed by atoms with Crippen molar-refractivity contribution < 1.29 is 0 Å². The van der Waals surface area contributed by atoms with E-state index in [0.29, 0.717) is 11.1 Å². The Hall–Kier alpha value is -1.40. The van der Waals surface area contributed by atoms with Gasteiger partial charge < -0.3 is 4.98 Å². The summed E-state index contributed by atoms with van der Waals surface area (Å²) >= 11 is 1.25. The number of H-pyrrole nitrogens is 2. The van der Waals surface area contributed by atoms with Crippen molar-refractivity contribution in [1.82, 2.24) is 14.3 Å². The Labute approximate surface area is 88.4 Å². The number of hydrogen-bond acceptors (Lipinski definition) is 4. The molecule has 2 heterocycles. The first kappa shape index (κ1) is 10.7. The number of aromatic amines is 2. The Morgan fingerprint density at radius 3 is 2.71 bits per heavy atom. The summed E-state index contributed by atoms with van der Waals surface area (Å²) in [6, 6.07) is 0. The van der Waals surface area contributed by atoms with Crippen LogP contribution in [-0.2, 0) is 0 Å². The number of nitrogens with one attached hydrogen (secondary N) is 2. The molecule has 0 unspecified atom stereocenters. The van der Waals surface area contributed by atoms with Gasteiger partial charge in [-0.2, -0.15) is 0 Å². The maximum Gasteiger partial charge on any atom is 0.325 e. The number of aromatic nitrogens is 3. The van der Waals surface area contributed by atoms with Crippen LogP contribution in [0.4, 0.5) is 0 Å². The van der Waals surface area contributed by atoms with E-state index in [1.165, 1.54) is 17.7 Å². The third kappa shape index (κ3) is 1.91. The number of halogens is 1. The van der Waals surface area contributed by atoms with E-state index in [0.717, 1.165) is 0 Å². The molecule has 0 amide bonds. The first-order valence-electron chi connectivity index (χ1n) is 3.49. The van der Waals surface area contributed by atoms with Gasteiger partial charge in [0.25, 0.3) is 5.56 Å². The van der Waals surface area contributed by atoms with Crippen LogP contribution in [0.1, 0.15) is 0 Å². The van der Waals surface area contributed by atoms with Crippen molar-refractivity contribution in [3.8, 4) is 11.1 Å². The molecule has 0 aliphatic heterocycles. The molecule has 7 heteroatoms. The minimum absolute atomic E-state index is 0. The van der Waals surface area contributed by atoms with Gasteiger partial charge in [0.05, 0.1) is 5.56 Å². The number of nitrogens with zero attached hydrogens (tertiary/aromatic N) is 1. The smallest absolute Gasteiger partial charge is 0.313 e. The van der Waals surface area contributed by atoms with Crippen LogP contribution in [-0.4, -0.2) is 14.3 Å². The standard InChI is InChI=1S/C7H5N3O2S.ClH/c11-6-5(2-8-7(12)10-6)4-1-9-13-3-4;/h1-3H,(H2,8,10,11,12);1H. The molecule has 0 radical (unpaired) electrons. The Balaban J connectivity index is 0.000000980. The summed E-state index contributed by atoms with van der Waals surface area (Å²) in [5.74, 6) is 0. The van der Waals surface area contributed by atoms with Crippen molar-refractivity contribution in [1.29, 1.82) is 0 Å². The first-order valence-corrected chi connectivity index (χ1v) is 4.33. The van der Waals surface area contributed by atoms with Crippen LogP contribution < -0.4 is 11.2 Å². The molecule has 0 spiro atoms. The highest BCUT2D eigenvalue weighted by Crippen LogP contribution is 2.13. The zero-order valence-electron chi connectivity index (χ0n) is 6.81. The van der Waals surface area contributed by atoms with Gasteiger partial charge in [0.15, 0.2) is 0 Å². The molecule has 2 aromatic rings. The van der Waals surface area contributed by atoms with Crippen LogP contribution in [0, 0.1) is 0 Å². The van der Waals surface area contributed by atoms with Gasteiger partial charge in [0, 0.05) is 23.3 Å². The number of rotatable bonds is 1. The molecule has 0 aliphatic rings. The Kier molecular flexibility index (Phi) is 3.21. The quantitative estimate of drug-likeness (QED) is 0.755. The van der Waals surface area contributed by atoms with E-state index in [1.54, 1.807) is 11.6 Å². The molecule has 0 saturated heterocycles. The summed E-state index contributed by atoms with van der Waals surface area (Å²) in [4.78, 5) is 26.5. The molecule has 0 aliphatic carbocycles. The molecule has 0 fully saturated rings. The molecule has 2 rings (SSSR count). The monoisotopic (exact) mass is 231 g/mol. The Morgan fingerprint density at radius 2 is 2.14 bits per heavy atom. The molecule has 0 aromatic carbocycles. The SMILES string of the molecule is Cl.O=c1[nH]cc(-c2cnsc2)c(=O)[nH]1. The molecule has 0 bridgehead atoms. The zero-order valence-corrected chi connectivity index (χ0v) is 8.45. The minimum Gasteiger partial charge on any atom is -0.313 e. The molecule has 14 heavy (non-hydrogen) atoms. The van der Waals surface area contributed by atoms with Gasteiger partial charge in [0.1, 0.15) is 0 Å². The normalized spacial score (nSPS) is 9.43. The van der Waals surface area contributed by atoms with E-state index in [2.05, 4.69) is 14.3 Å². The van der Waals surface area contributed by atoms with Gasteiger partial charge >= 0.3 is 5.69 Å². The van der Waals surface area contributed by atoms with Crippen LogP contribution >= 0.6 is 23.9 Å². The summed E-state index contributed by atoms with van der Waals surface area (Å²) < 4.78 is 3.86. The van der Waals surface area contributed by atoms with Gasteiger partial charge in [-0.1, -0.05) is 0 Å². The fraction of sp³-hybridized carbons (Fsp3) is 0.